The van der Waals surface area contributed by atoms with Crippen LogP contribution in [0.1, 0.15) is 40.5 Å². The summed E-state index contributed by atoms with van der Waals surface area (Å²) in [5, 5.41) is 0. The van der Waals surface area contributed by atoms with Crippen LogP contribution in [0.25, 0.3) is 0 Å². The maximum absolute atomic E-state index is 2.35. The lowest BCUT2D eigenvalue weighted by molar-refractivity contribution is 0.361. The molecule has 1 heteroatoms. The molecule has 1 aliphatic rings. The summed E-state index contributed by atoms with van der Waals surface area (Å²) in [6.45, 7) is 8.70. The number of rotatable bonds is 1. The van der Waals surface area contributed by atoms with Crippen LogP contribution in [0.2, 0.25) is 0 Å². The molecule has 0 spiro atoms. The van der Waals surface area contributed by atoms with Gasteiger partial charge in [0.1, 0.15) is 0 Å². The molecule has 1 aliphatic heterocycles. The van der Waals surface area contributed by atoms with Crippen molar-refractivity contribution in [3.8, 4) is 0 Å². The summed E-state index contributed by atoms with van der Waals surface area (Å²) in [5.41, 5.74) is 0. The molecule has 0 nitrogen and oxygen atoms in total. The quantitative estimate of drug-likeness (QED) is 0.582. The van der Waals surface area contributed by atoms with E-state index in [1.165, 1.54) is 24.3 Å². The highest BCUT2D eigenvalue weighted by Gasteiger charge is 2.15. The Morgan fingerprint density at radius 3 is 1.82 bits per heavy atom. The van der Waals surface area contributed by atoms with Gasteiger partial charge in [0.15, 0.2) is 0 Å². The van der Waals surface area contributed by atoms with Crippen molar-refractivity contribution in [3.63, 3.8) is 0 Å². The van der Waals surface area contributed by atoms with E-state index in [0.717, 1.165) is 11.8 Å². The van der Waals surface area contributed by atoms with Crippen LogP contribution in [0.4, 0.5) is 0 Å². The fourth-order valence-electron chi connectivity index (χ4n) is 1.38. The van der Waals surface area contributed by atoms with Gasteiger partial charge in [-0.15, -0.1) is 0 Å². The van der Waals surface area contributed by atoms with Crippen molar-refractivity contribution in [2.45, 2.75) is 40.5 Å². The average Bonchev–Trinajstić information content (AvgIpc) is 2.10. The Kier molecular flexibility index (Phi) is 7.25. The highest BCUT2D eigenvalue weighted by Crippen LogP contribution is 2.27. The first-order valence-corrected chi connectivity index (χ1v) is 6.04. The summed E-state index contributed by atoms with van der Waals surface area (Å²) in [6, 6.07) is 0. The summed E-state index contributed by atoms with van der Waals surface area (Å²) in [6.07, 6.45) is 2.92. The van der Waals surface area contributed by atoms with Gasteiger partial charge in [-0.3, -0.25) is 0 Å². The number of hydrogen-bond acceptors (Lipinski definition) is 1. The smallest absolute Gasteiger partial charge is 0.00648 e. The Morgan fingerprint density at radius 1 is 1.09 bits per heavy atom. The van der Waals surface area contributed by atoms with E-state index in [2.05, 4.69) is 25.6 Å². The third-order valence-corrected chi connectivity index (χ3v) is 3.26. The molecule has 0 aliphatic carbocycles. The van der Waals surface area contributed by atoms with E-state index in [-0.39, 0.29) is 0 Å². The Labute approximate surface area is 76.1 Å². The molecule has 68 valence electrons. The first-order valence-electron chi connectivity index (χ1n) is 4.88. The number of hydrogen-bond donors (Lipinski definition) is 0. The molecule has 1 saturated heterocycles. The molecule has 0 aromatic rings. The molecular weight excluding hydrogens is 152 g/mol. The number of thioether (sulfide) groups is 1. The highest BCUT2D eigenvalue weighted by atomic mass is 32.2. The third kappa shape index (κ3) is 4.73. The van der Waals surface area contributed by atoms with Crippen LogP contribution in [0, 0.1) is 11.8 Å². The first-order chi connectivity index (χ1) is 5.30. The minimum atomic E-state index is 0.922. The van der Waals surface area contributed by atoms with Crippen molar-refractivity contribution >= 4 is 11.8 Å². The van der Waals surface area contributed by atoms with Crippen molar-refractivity contribution in [1.29, 1.82) is 0 Å². The topological polar surface area (TPSA) is 0 Å². The maximum Gasteiger partial charge on any atom is -0.00648 e. The Hall–Kier alpha value is 0.350. The molecule has 0 radical (unpaired) electrons. The predicted octanol–water partition coefficient (Wildman–Crippen LogP) is 3.81. The van der Waals surface area contributed by atoms with Gasteiger partial charge in [0, 0.05) is 0 Å². The molecule has 0 bridgehead atoms. The monoisotopic (exact) mass is 174 g/mol. The largest absolute Gasteiger partial charge is 0.162 e. The fraction of sp³-hybridized carbons (Fsp3) is 1.00. The van der Waals surface area contributed by atoms with Crippen LogP contribution in [-0.2, 0) is 0 Å². The normalized spacial score (nSPS) is 19.4. The second-order valence-corrected chi connectivity index (χ2v) is 4.42. The molecule has 0 saturated carbocycles. The molecule has 0 aromatic carbocycles. The lowest BCUT2D eigenvalue weighted by Gasteiger charge is -2.24. The summed E-state index contributed by atoms with van der Waals surface area (Å²) in [7, 11) is 0. The lowest BCUT2D eigenvalue weighted by Crippen LogP contribution is -2.14. The van der Waals surface area contributed by atoms with E-state index in [0.29, 0.717) is 0 Å². The van der Waals surface area contributed by atoms with Crippen molar-refractivity contribution in [1.82, 2.24) is 0 Å². The van der Waals surface area contributed by atoms with Crippen LogP contribution in [0.5, 0.6) is 0 Å². The molecule has 0 N–H and O–H groups in total. The second kappa shape index (κ2) is 7.02. The zero-order valence-corrected chi connectivity index (χ0v) is 9.21. The highest BCUT2D eigenvalue weighted by molar-refractivity contribution is 7.99. The Morgan fingerprint density at radius 2 is 1.55 bits per heavy atom. The Balaban J connectivity index is 0.000000461. The van der Waals surface area contributed by atoms with E-state index in [1.54, 1.807) is 0 Å². The van der Waals surface area contributed by atoms with Crippen molar-refractivity contribution in [3.05, 3.63) is 0 Å². The van der Waals surface area contributed by atoms with Gasteiger partial charge in [0.2, 0.25) is 0 Å². The molecule has 0 atom stereocenters. The standard InChI is InChI=1S/C8H16S.C2H6/c1-7(2)8-3-5-9-6-4-8;1-2/h7-8H,3-6H2,1-2H3;1-2H3. The summed E-state index contributed by atoms with van der Waals surface area (Å²) in [5.74, 6) is 4.77. The van der Waals surface area contributed by atoms with E-state index in [9.17, 15) is 0 Å². The summed E-state index contributed by atoms with van der Waals surface area (Å²) < 4.78 is 0. The van der Waals surface area contributed by atoms with Gasteiger partial charge in [-0.25, -0.2) is 0 Å². The molecule has 1 rings (SSSR count). The zero-order valence-electron chi connectivity index (χ0n) is 8.39. The van der Waals surface area contributed by atoms with Crippen molar-refractivity contribution < 1.29 is 0 Å². The van der Waals surface area contributed by atoms with Gasteiger partial charge in [-0.05, 0) is 36.2 Å². The molecule has 0 aromatic heterocycles. The van der Waals surface area contributed by atoms with E-state index < -0.39 is 0 Å². The minimum absolute atomic E-state index is 0.922. The SMILES string of the molecule is CC.CC(C)C1CCSCC1. The summed E-state index contributed by atoms with van der Waals surface area (Å²) in [4.78, 5) is 0. The van der Waals surface area contributed by atoms with E-state index in [4.69, 9.17) is 0 Å². The van der Waals surface area contributed by atoms with Gasteiger partial charge in [-0.1, -0.05) is 27.7 Å². The van der Waals surface area contributed by atoms with Gasteiger partial charge in [0.05, 0.1) is 0 Å². The van der Waals surface area contributed by atoms with Crippen molar-refractivity contribution in [2.24, 2.45) is 11.8 Å². The fourth-order valence-corrected chi connectivity index (χ4v) is 2.53. The minimum Gasteiger partial charge on any atom is -0.162 e. The predicted molar refractivity (Wildman–Crippen MR) is 56.2 cm³/mol. The van der Waals surface area contributed by atoms with E-state index >= 15 is 0 Å². The first kappa shape index (κ1) is 11.4. The molecule has 11 heavy (non-hydrogen) atoms. The van der Waals surface area contributed by atoms with Gasteiger partial charge < -0.3 is 0 Å². The third-order valence-electron chi connectivity index (χ3n) is 2.21. The van der Waals surface area contributed by atoms with Crippen LogP contribution in [0.15, 0.2) is 0 Å². The van der Waals surface area contributed by atoms with Gasteiger partial charge in [-0.2, -0.15) is 11.8 Å². The molecule has 1 heterocycles. The van der Waals surface area contributed by atoms with Gasteiger partial charge in [0.25, 0.3) is 0 Å². The molecular formula is C10H22S. The van der Waals surface area contributed by atoms with Crippen molar-refractivity contribution in [2.75, 3.05) is 11.5 Å². The van der Waals surface area contributed by atoms with Gasteiger partial charge >= 0.3 is 0 Å². The zero-order chi connectivity index (χ0) is 8.69. The van der Waals surface area contributed by atoms with Crippen LogP contribution in [0.3, 0.4) is 0 Å². The lowest BCUT2D eigenvalue weighted by atomic mass is 9.91. The second-order valence-electron chi connectivity index (χ2n) is 3.19. The Bertz CT molecular complexity index is 72.9. The summed E-state index contributed by atoms with van der Waals surface area (Å²) >= 11 is 2.12. The maximum atomic E-state index is 2.35. The van der Waals surface area contributed by atoms with E-state index in [1.807, 2.05) is 13.8 Å². The molecule has 0 amide bonds. The van der Waals surface area contributed by atoms with Crippen LogP contribution >= 0.6 is 11.8 Å². The van der Waals surface area contributed by atoms with Crippen LogP contribution < -0.4 is 0 Å². The average molecular weight is 174 g/mol. The molecule has 0 unspecified atom stereocenters. The van der Waals surface area contributed by atoms with Crippen LogP contribution in [-0.4, -0.2) is 11.5 Å². The molecule has 1 fully saturated rings.